The molecule has 2 aromatic rings. The van der Waals surface area contributed by atoms with Crippen molar-refractivity contribution in [1.82, 2.24) is 5.32 Å². The minimum Gasteiger partial charge on any atom is -0.381 e. The molecule has 0 radical (unpaired) electrons. The van der Waals surface area contributed by atoms with E-state index in [1.165, 1.54) is 23.1 Å². The Morgan fingerprint density at radius 2 is 1.76 bits per heavy atom. The van der Waals surface area contributed by atoms with Gasteiger partial charge < -0.3 is 10.1 Å². The molecule has 1 N–H and O–H groups in total. The summed E-state index contributed by atoms with van der Waals surface area (Å²) in [5.41, 5.74) is 3.88. The van der Waals surface area contributed by atoms with E-state index in [0.29, 0.717) is 12.0 Å². The quantitative estimate of drug-likeness (QED) is 0.898. The Morgan fingerprint density at radius 1 is 1.05 bits per heavy atom. The number of rotatable bonds is 5. The van der Waals surface area contributed by atoms with E-state index < -0.39 is 0 Å². The van der Waals surface area contributed by atoms with Gasteiger partial charge in [0.2, 0.25) is 0 Å². The highest BCUT2D eigenvalue weighted by molar-refractivity contribution is 5.63. The third-order valence-electron chi connectivity index (χ3n) is 4.36. The predicted octanol–water partition coefficient (Wildman–Crippen LogP) is 3.87. The summed E-state index contributed by atoms with van der Waals surface area (Å²) in [5.74, 6) is 0.661. The van der Waals surface area contributed by atoms with Crippen LogP contribution < -0.4 is 5.32 Å². The minimum absolute atomic E-state index is 0.515. The zero-order chi connectivity index (χ0) is 14.5. The zero-order valence-electron chi connectivity index (χ0n) is 12.6. The molecule has 110 valence electrons. The molecule has 2 heteroatoms. The Morgan fingerprint density at radius 3 is 2.43 bits per heavy atom. The van der Waals surface area contributed by atoms with Crippen molar-refractivity contribution in [1.29, 1.82) is 0 Å². The lowest BCUT2D eigenvalue weighted by Crippen LogP contribution is -2.33. The number of hydrogen-bond acceptors (Lipinski definition) is 2. The number of ether oxygens (including phenoxy) is 1. The Kier molecular flexibility index (Phi) is 4.69. The smallest absolute Gasteiger partial charge is 0.0509 e. The van der Waals surface area contributed by atoms with E-state index in [4.69, 9.17) is 4.74 Å². The first-order chi connectivity index (χ1) is 10.3. The van der Waals surface area contributed by atoms with Gasteiger partial charge in [0.1, 0.15) is 0 Å². The highest BCUT2D eigenvalue weighted by Gasteiger charge is 2.21. The molecule has 1 aliphatic rings. The normalized spacial score (nSPS) is 19.6. The van der Waals surface area contributed by atoms with E-state index in [1.807, 2.05) is 0 Å². The van der Waals surface area contributed by atoms with Gasteiger partial charge in [0.05, 0.1) is 6.61 Å². The standard InChI is InChI=1S/C19H23NO/c1-15(19-11-12-21-14-19)20-13-16-7-9-18(10-8-16)17-5-3-2-4-6-17/h2-10,15,19-20H,11-14H2,1H3. The first-order valence-electron chi connectivity index (χ1n) is 7.78. The lowest BCUT2D eigenvalue weighted by Gasteiger charge is -2.19. The molecule has 3 rings (SSSR count). The SMILES string of the molecule is CC(NCc1ccc(-c2ccccc2)cc1)C1CCOC1. The van der Waals surface area contributed by atoms with Crippen molar-refractivity contribution < 1.29 is 4.74 Å². The van der Waals surface area contributed by atoms with Gasteiger partial charge in [0, 0.05) is 19.2 Å². The van der Waals surface area contributed by atoms with Crippen molar-refractivity contribution in [2.24, 2.45) is 5.92 Å². The van der Waals surface area contributed by atoms with E-state index in [9.17, 15) is 0 Å². The maximum atomic E-state index is 5.45. The van der Waals surface area contributed by atoms with Crippen molar-refractivity contribution in [2.75, 3.05) is 13.2 Å². The summed E-state index contributed by atoms with van der Waals surface area (Å²) in [6, 6.07) is 19.9. The summed E-state index contributed by atoms with van der Waals surface area (Å²) >= 11 is 0. The summed E-state index contributed by atoms with van der Waals surface area (Å²) in [4.78, 5) is 0. The summed E-state index contributed by atoms with van der Waals surface area (Å²) in [5, 5.41) is 3.62. The van der Waals surface area contributed by atoms with Crippen molar-refractivity contribution in [3.63, 3.8) is 0 Å². The summed E-state index contributed by atoms with van der Waals surface area (Å²) in [6.07, 6.45) is 1.18. The maximum absolute atomic E-state index is 5.45. The highest BCUT2D eigenvalue weighted by Crippen LogP contribution is 2.20. The number of nitrogens with one attached hydrogen (secondary N) is 1. The average Bonchev–Trinajstić information content (AvgIpc) is 3.08. The van der Waals surface area contributed by atoms with E-state index in [0.717, 1.165) is 19.8 Å². The monoisotopic (exact) mass is 281 g/mol. The van der Waals surface area contributed by atoms with Crippen LogP contribution in [0.2, 0.25) is 0 Å². The zero-order valence-corrected chi connectivity index (χ0v) is 12.6. The van der Waals surface area contributed by atoms with Crippen LogP contribution in [0, 0.1) is 5.92 Å². The first-order valence-corrected chi connectivity index (χ1v) is 7.78. The molecule has 0 amide bonds. The molecule has 1 fully saturated rings. The van der Waals surface area contributed by atoms with Crippen LogP contribution in [0.15, 0.2) is 54.6 Å². The largest absolute Gasteiger partial charge is 0.381 e. The van der Waals surface area contributed by atoms with E-state index in [-0.39, 0.29) is 0 Å². The lowest BCUT2D eigenvalue weighted by molar-refractivity contribution is 0.178. The second-order valence-corrected chi connectivity index (χ2v) is 5.86. The third kappa shape index (κ3) is 3.72. The number of hydrogen-bond donors (Lipinski definition) is 1. The van der Waals surface area contributed by atoms with Crippen LogP contribution in [0.3, 0.4) is 0 Å². The molecule has 1 aliphatic heterocycles. The molecule has 0 saturated carbocycles. The van der Waals surface area contributed by atoms with Crippen LogP contribution in [0.4, 0.5) is 0 Å². The second kappa shape index (κ2) is 6.88. The van der Waals surface area contributed by atoms with Gasteiger partial charge in [-0.1, -0.05) is 54.6 Å². The van der Waals surface area contributed by atoms with Gasteiger partial charge in [-0.05, 0) is 36.0 Å². The lowest BCUT2D eigenvalue weighted by atomic mass is 10.00. The summed E-state index contributed by atoms with van der Waals surface area (Å²) < 4.78 is 5.45. The maximum Gasteiger partial charge on any atom is 0.0509 e. The Hall–Kier alpha value is -1.64. The van der Waals surface area contributed by atoms with Crippen LogP contribution in [-0.4, -0.2) is 19.3 Å². The fraction of sp³-hybridized carbons (Fsp3) is 0.368. The van der Waals surface area contributed by atoms with Crippen LogP contribution in [0.5, 0.6) is 0 Å². The van der Waals surface area contributed by atoms with Crippen LogP contribution in [0.25, 0.3) is 11.1 Å². The fourth-order valence-corrected chi connectivity index (χ4v) is 2.84. The van der Waals surface area contributed by atoms with Gasteiger partial charge in [-0.15, -0.1) is 0 Å². The molecule has 1 saturated heterocycles. The topological polar surface area (TPSA) is 21.3 Å². The molecule has 0 aliphatic carbocycles. The van der Waals surface area contributed by atoms with Gasteiger partial charge in [-0.2, -0.15) is 0 Å². The van der Waals surface area contributed by atoms with Crippen molar-refractivity contribution >= 4 is 0 Å². The van der Waals surface area contributed by atoms with Gasteiger partial charge >= 0.3 is 0 Å². The Bertz CT molecular complexity index is 544. The van der Waals surface area contributed by atoms with Gasteiger partial charge in [0.25, 0.3) is 0 Å². The molecule has 2 atom stereocenters. The van der Waals surface area contributed by atoms with E-state index in [1.54, 1.807) is 0 Å². The molecule has 2 nitrogen and oxygen atoms in total. The molecule has 0 spiro atoms. The molecular weight excluding hydrogens is 258 g/mol. The minimum atomic E-state index is 0.515. The van der Waals surface area contributed by atoms with Gasteiger partial charge in [0.15, 0.2) is 0 Å². The van der Waals surface area contributed by atoms with Gasteiger partial charge in [-0.25, -0.2) is 0 Å². The highest BCUT2D eigenvalue weighted by atomic mass is 16.5. The van der Waals surface area contributed by atoms with E-state index >= 15 is 0 Å². The van der Waals surface area contributed by atoms with Crippen LogP contribution >= 0.6 is 0 Å². The number of benzene rings is 2. The van der Waals surface area contributed by atoms with Gasteiger partial charge in [-0.3, -0.25) is 0 Å². The molecule has 1 heterocycles. The van der Waals surface area contributed by atoms with Crippen molar-refractivity contribution in [3.8, 4) is 11.1 Å². The molecule has 2 unspecified atom stereocenters. The first kappa shape index (κ1) is 14.3. The average molecular weight is 281 g/mol. The van der Waals surface area contributed by atoms with Crippen LogP contribution in [0.1, 0.15) is 18.9 Å². The van der Waals surface area contributed by atoms with Crippen molar-refractivity contribution in [2.45, 2.75) is 25.9 Å². The third-order valence-corrected chi connectivity index (χ3v) is 4.36. The molecular formula is C19H23NO. The summed E-state index contributed by atoms with van der Waals surface area (Å²) in [6.45, 7) is 5.01. The summed E-state index contributed by atoms with van der Waals surface area (Å²) in [7, 11) is 0. The Balaban J connectivity index is 1.57. The second-order valence-electron chi connectivity index (χ2n) is 5.86. The molecule has 2 aromatic carbocycles. The van der Waals surface area contributed by atoms with E-state index in [2.05, 4.69) is 66.8 Å². The molecule has 0 bridgehead atoms. The van der Waals surface area contributed by atoms with Crippen LogP contribution in [-0.2, 0) is 11.3 Å². The molecule has 21 heavy (non-hydrogen) atoms. The van der Waals surface area contributed by atoms with Crippen molar-refractivity contribution in [3.05, 3.63) is 60.2 Å². The fourth-order valence-electron chi connectivity index (χ4n) is 2.84. The Labute approximate surface area is 127 Å². The molecule has 0 aromatic heterocycles. The predicted molar refractivity (Wildman–Crippen MR) is 87.1 cm³/mol.